The highest BCUT2D eigenvalue weighted by molar-refractivity contribution is 5.96. The predicted molar refractivity (Wildman–Crippen MR) is 103 cm³/mol. The number of methoxy groups -OCH3 is 3. The summed E-state index contributed by atoms with van der Waals surface area (Å²) in [6, 6.07) is 9.45. The number of anilines is 1. The van der Waals surface area contributed by atoms with E-state index in [1.807, 2.05) is 38.1 Å². The van der Waals surface area contributed by atoms with Crippen molar-refractivity contribution in [2.45, 2.75) is 32.3 Å². The summed E-state index contributed by atoms with van der Waals surface area (Å²) < 4.78 is 22.4. The van der Waals surface area contributed by atoms with Crippen molar-refractivity contribution in [2.24, 2.45) is 0 Å². The molecule has 0 spiro atoms. The van der Waals surface area contributed by atoms with Gasteiger partial charge in [0.2, 0.25) is 5.91 Å². The van der Waals surface area contributed by atoms with E-state index in [1.165, 1.54) is 0 Å². The van der Waals surface area contributed by atoms with Gasteiger partial charge in [0.05, 0.1) is 27.4 Å². The lowest BCUT2D eigenvalue weighted by molar-refractivity contribution is -0.116. The molecule has 1 aliphatic heterocycles. The van der Waals surface area contributed by atoms with Crippen molar-refractivity contribution in [3.8, 4) is 23.0 Å². The normalized spacial score (nSPS) is 15.8. The Hall–Kier alpha value is -2.89. The van der Waals surface area contributed by atoms with E-state index in [1.54, 1.807) is 27.4 Å². The van der Waals surface area contributed by atoms with Crippen LogP contribution in [0.1, 0.15) is 37.3 Å². The summed E-state index contributed by atoms with van der Waals surface area (Å²) in [6.07, 6.45) is 0.284. The molecule has 1 atom stereocenters. The van der Waals surface area contributed by atoms with Crippen LogP contribution in [0.3, 0.4) is 0 Å². The topological polar surface area (TPSA) is 66.0 Å². The number of benzene rings is 2. The maximum absolute atomic E-state index is 12.4. The highest BCUT2D eigenvalue weighted by atomic mass is 16.5. The Morgan fingerprint density at radius 2 is 1.63 bits per heavy atom. The lowest BCUT2D eigenvalue weighted by Gasteiger charge is -2.29. The van der Waals surface area contributed by atoms with Gasteiger partial charge in [-0.2, -0.15) is 0 Å². The molecule has 0 saturated heterocycles. The molecule has 144 valence electrons. The summed E-state index contributed by atoms with van der Waals surface area (Å²) in [7, 11) is 4.78. The number of carbonyl (C=O) groups is 1. The summed E-state index contributed by atoms with van der Waals surface area (Å²) >= 11 is 0. The van der Waals surface area contributed by atoms with Crippen molar-refractivity contribution < 1.29 is 23.7 Å². The highest BCUT2D eigenvalue weighted by Crippen LogP contribution is 2.47. The summed E-state index contributed by atoms with van der Waals surface area (Å²) in [5, 5.41) is 2.93. The Labute approximate surface area is 159 Å². The zero-order valence-electron chi connectivity index (χ0n) is 16.3. The van der Waals surface area contributed by atoms with E-state index in [-0.39, 0.29) is 17.9 Å². The van der Waals surface area contributed by atoms with E-state index in [9.17, 15) is 4.79 Å². The first-order chi connectivity index (χ1) is 13.0. The van der Waals surface area contributed by atoms with Crippen LogP contribution < -0.4 is 24.3 Å². The zero-order valence-corrected chi connectivity index (χ0v) is 16.3. The van der Waals surface area contributed by atoms with Gasteiger partial charge in [-0.15, -0.1) is 0 Å². The number of hydrogen-bond donors (Lipinski definition) is 1. The van der Waals surface area contributed by atoms with Gasteiger partial charge < -0.3 is 24.3 Å². The van der Waals surface area contributed by atoms with Crippen LogP contribution in [0.5, 0.6) is 23.0 Å². The second-order valence-corrected chi connectivity index (χ2v) is 6.64. The van der Waals surface area contributed by atoms with E-state index in [2.05, 4.69) is 5.32 Å². The van der Waals surface area contributed by atoms with Crippen LogP contribution in [0.25, 0.3) is 0 Å². The Morgan fingerprint density at radius 3 is 2.26 bits per heavy atom. The quantitative estimate of drug-likeness (QED) is 0.832. The fraction of sp³-hybridized carbons (Fsp3) is 0.381. The molecule has 1 aliphatic rings. The molecule has 0 aliphatic carbocycles. The van der Waals surface area contributed by atoms with Gasteiger partial charge in [-0.25, -0.2) is 0 Å². The molecule has 2 aromatic rings. The van der Waals surface area contributed by atoms with Gasteiger partial charge in [-0.1, -0.05) is 12.1 Å². The summed E-state index contributed by atoms with van der Waals surface area (Å²) in [5.41, 5.74) is 2.58. The third-order valence-corrected chi connectivity index (χ3v) is 4.55. The lowest BCUT2D eigenvalue weighted by atomic mass is 9.84. The van der Waals surface area contributed by atoms with Crippen LogP contribution in [0.15, 0.2) is 30.3 Å². The number of nitrogens with one attached hydrogen (secondary N) is 1. The Morgan fingerprint density at radius 1 is 0.963 bits per heavy atom. The number of ether oxygens (including phenoxy) is 4. The maximum atomic E-state index is 12.4. The standard InChI is InChI=1S/C21H25NO5/c1-12(2)27-21-13(7-6-8-17(21)24-3)14-10-20(23)22-16-11-19(26-5)18(25-4)9-15(14)16/h6-9,11-12,14H,10H2,1-5H3,(H,22,23)/t14-/m0/s1. The molecular weight excluding hydrogens is 346 g/mol. The summed E-state index contributed by atoms with van der Waals surface area (Å²) in [6.45, 7) is 3.93. The molecule has 0 unspecified atom stereocenters. The molecule has 6 heteroatoms. The molecule has 1 N–H and O–H groups in total. The van der Waals surface area contributed by atoms with E-state index in [0.29, 0.717) is 35.1 Å². The van der Waals surface area contributed by atoms with Gasteiger partial charge in [0, 0.05) is 29.7 Å². The molecule has 1 heterocycles. The molecule has 6 nitrogen and oxygen atoms in total. The van der Waals surface area contributed by atoms with Crippen LogP contribution >= 0.6 is 0 Å². The van der Waals surface area contributed by atoms with Gasteiger partial charge in [-0.3, -0.25) is 4.79 Å². The first kappa shape index (κ1) is 18.9. The monoisotopic (exact) mass is 371 g/mol. The van der Waals surface area contributed by atoms with Gasteiger partial charge in [-0.05, 0) is 31.5 Å². The average molecular weight is 371 g/mol. The second-order valence-electron chi connectivity index (χ2n) is 6.64. The minimum atomic E-state index is -0.183. The molecule has 0 aromatic heterocycles. The molecule has 1 amide bonds. The average Bonchev–Trinajstić information content (AvgIpc) is 2.66. The second kappa shape index (κ2) is 7.78. The molecule has 2 aromatic carbocycles. The minimum Gasteiger partial charge on any atom is -0.493 e. The van der Waals surface area contributed by atoms with Crippen molar-refractivity contribution in [1.82, 2.24) is 0 Å². The molecular formula is C21H25NO5. The van der Waals surface area contributed by atoms with Crippen molar-refractivity contribution in [1.29, 1.82) is 0 Å². The van der Waals surface area contributed by atoms with Crippen LogP contribution in [0.2, 0.25) is 0 Å². The van der Waals surface area contributed by atoms with Crippen molar-refractivity contribution in [2.75, 3.05) is 26.6 Å². The largest absolute Gasteiger partial charge is 0.493 e. The lowest BCUT2D eigenvalue weighted by Crippen LogP contribution is -2.24. The minimum absolute atomic E-state index is 0.0256. The molecule has 0 bridgehead atoms. The van der Waals surface area contributed by atoms with Crippen molar-refractivity contribution in [3.63, 3.8) is 0 Å². The number of rotatable bonds is 6. The van der Waals surface area contributed by atoms with Gasteiger partial charge in [0.1, 0.15) is 0 Å². The van der Waals surface area contributed by atoms with E-state index < -0.39 is 0 Å². The van der Waals surface area contributed by atoms with Gasteiger partial charge in [0.25, 0.3) is 0 Å². The molecule has 0 radical (unpaired) electrons. The molecule has 0 saturated carbocycles. The zero-order chi connectivity index (χ0) is 19.6. The van der Waals surface area contributed by atoms with Gasteiger partial charge >= 0.3 is 0 Å². The van der Waals surface area contributed by atoms with Gasteiger partial charge in [0.15, 0.2) is 23.0 Å². The summed E-state index contributed by atoms with van der Waals surface area (Å²) in [4.78, 5) is 12.4. The number of para-hydroxylation sites is 1. The fourth-order valence-corrected chi connectivity index (χ4v) is 3.40. The highest BCUT2D eigenvalue weighted by Gasteiger charge is 2.31. The number of hydrogen-bond acceptors (Lipinski definition) is 5. The molecule has 3 rings (SSSR count). The Bertz CT molecular complexity index is 847. The smallest absolute Gasteiger partial charge is 0.225 e. The Kier molecular flexibility index (Phi) is 5.44. The number of carbonyl (C=O) groups excluding carboxylic acids is 1. The maximum Gasteiger partial charge on any atom is 0.225 e. The van der Waals surface area contributed by atoms with E-state index >= 15 is 0 Å². The van der Waals surface area contributed by atoms with E-state index in [4.69, 9.17) is 18.9 Å². The van der Waals surface area contributed by atoms with Crippen LogP contribution in [0.4, 0.5) is 5.69 Å². The first-order valence-corrected chi connectivity index (χ1v) is 8.87. The summed E-state index contributed by atoms with van der Waals surface area (Å²) in [5.74, 6) is 2.26. The van der Waals surface area contributed by atoms with Crippen LogP contribution in [-0.4, -0.2) is 33.3 Å². The van der Waals surface area contributed by atoms with Crippen molar-refractivity contribution >= 4 is 11.6 Å². The predicted octanol–water partition coefficient (Wildman–Crippen LogP) is 3.97. The SMILES string of the molecule is COc1cc2c(cc1OC)[C@H](c1cccc(OC)c1OC(C)C)CC(=O)N2. The fourth-order valence-electron chi connectivity index (χ4n) is 3.40. The van der Waals surface area contributed by atoms with Crippen LogP contribution in [0, 0.1) is 0 Å². The van der Waals surface area contributed by atoms with Crippen molar-refractivity contribution in [3.05, 3.63) is 41.5 Å². The van der Waals surface area contributed by atoms with E-state index in [0.717, 1.165) is 11.1 Å². The molecule has 0 fully saturated rings. The number of amides is 1. The third kappa shape index (κ3) is 3.65. The van der Waals surface area contributed by atoms with Crippen LogP contribution in [-0.2, 0) is 4.79 Å². The number of fused-ring (bicyclic) bond motifs is 1. The Balaban J connectivity index is 2.18. The third-order valence-electron chi connectivity index (χ3n) is 4.55. The molecule has 27 heavy (non-hydrogen) atoms. The first-order valence-electron chi connectivity index (χ1n) is 8.87.